The normalized spacial score (nSPS) is 12.0. The molecule has 0 fully saturated rings. The van der Waals surface area contributed by atoms with Crippen LogP contribution in [0.25, 0.3) is 90.7 Å². The second-order valence-electron chi connectivity index (χ2n) is 13.4. The van der Waals surface area contributed by atoms with Gasteiger partial charge in [-0.3, -0.25) is 0 Å². The smallest absolute Gasteiger partial charge is 0.00264 e. The molecule has 0 aliphatic heterocycles. The van der Waals surface area contributed by atoms with Crippen LogP contribution in [0.4, 0.5) is 0 Å². The van der Waals surface area contributed by atoms with Crippen molar-refractivity contribution in [2.75, 3.05) is 0 Å². The number of fused-ring (bicyclic) bond motifs is 4. The lowest BCUT2D eigenvalue weighted by Crippen LogP contribution is -1.89. The summed E-state index contributed by atoms with van der Waals surface area (Å²) in [5.41, 5.74) is 9.76. The van der Waals surface area contributed by atoms with Gasteiger partial charge in [0.1, 0.15) is 0 Å². The summed E-state index contributed by atoms with van der Waals surface area (Å²) in [6, 6.07) is 65.6. The van der Waals surface area contributed by atoms with Crippen molar-refractivity contribution >= 4 is 79.5 Å². The van der Waals surface area contributed by atoms with Crippen molar-refractivity contribution in [2.45, 2.75) is 0 Å². The van der Waals surface area contributed by atoms with Crippen LogP contribution in [0.3, 0.4) is 0 Å². The van der Waals surface area contributed by atoms with Crippen LogP contribution >= 0.6 is 0 Å². The van der Waals surface area contributed by atoms with Crippen molar-refractivity contribution in [3.05, 3.63) is 215 Å². The number of hydrogen-bond donors (Lipinski definition) is 0. The average Bonchev–Trinajstić information content (AvgIpc) is 3.21. The first kappa shape index (κ1) is 31.2. The molecule has 0 aliphatic rings. The zero-order valence-corrected chi connectivity index (χ0v) is 28.8. The lowest BCUT2D eigenvalue weighted by atomic mass is 9.88. The van der Waals surface area contributed by atoms with E-state index < -0.39 is 0 Å². The van der Waals surface area contributed by atoms with Crippen LogP contribution in [-0.2, 0) is 0 Å². The minimum Gasteiger partial charge on any atom is -0.0622 e. The molecule has 0 N–H and O–H groups in total. The highest BCUT2D eigenvalue weighted by Crippen LogP contribution is 2.40. The predicted octanol–water partition coefficient (Wildman–Crippen LogP) is 14.5. The van der Waals surface area contributed by atoms with Crippen LogP contribution in [0.5, 0.6) is 0 Å². The lowest BCUT2D eigenvalue weighted by molar-refractivity contribution is 1.65. The largest absolute Gasteiger partial charge is 0.0622 e. The predicted molar refractivity (Wildman–Crippen MR) is 228 cm³/mol. The number of hydrogen-bond acceptors (Lipinski definition) is 0. The minimum absolute atomic E-state index is 1.19. The molecule has 9 rings (SSSR count). The zero-order valence-electron chi connectivity index (χ0n) is 28.8. The van der Waals surface area contributed by atoms with Gasteiger partial charge in [-0.2, -0.15) is 0 Å². The summed E-state index contributed by atoms with van der Waals surface area (Å²) in [7, 11) is 0. The van der Waals surface area contributed by atoms with Gasteiger partial charge < -0.3 is 0 Å². The Bertz CT molecular complexity index is 2760. The van der Waals surface area contributed by atoms with E-state index in [1.54, 1.807) is 0 Å². The number of rotatable bonds is 7. The molecule has 244 valence electrons. The highest BCUT2D eigenvalue weighted by Gasteiger charge is 2.13. The van der Waals surface area contributed by atoms with E-state index in [2.05, 4.69) is 212 Å². The van der Waals surface area contributed by atoms with Crippen molar-refractivity contribution in [1.82, 2.24) is 0 Å². The van der Waals surface area contributed by atoms with Crippen LogP contribution < -0.4 is 0 Å². The SMILES string of the molecule is C(=C\c1ccc2cc(/C=C/c3ccc4cc(/C=C/c5c6ccccc6c(-c6ccccc6)c6ccccc56)ccc4c3)ccc2c1)/c1ccccc1. The van der Waals surface area contributed by atoms with Crippen LogP contribution in [0.2, 0.25) is 0 Å². The zero-order chi connectivity index (χ0) is 34.7. The van der Waals surface area contributed by atoms with Gasteiger partial charge in [-0.05, 0) is 112 Å². The van der Waals surface area contributed by atoms with Gasteiger partial charge in [0, 0.05) is 0 Å². The van der Waals surface area contributed by atoms with Gasteiger partial charge >= 0.3 is 0 Å². The molecule has 0 unspecified atom stereocenters. The number of benzene rings is 9. The maximum Gasteiger partial charge on any atom is -0.00264 e. The summed E-state index contributed by atoms with van der Waals surface area (Å²) in [6.07, 6.45) is 13.3. The third-order valence-electron chi connectivity index (χ3n) is 9.99. The highest BCUT2D eigenvalue weighted by atomic mass is 14.2. The van der Waals surface area contributed by atoms with Crippen molar-refractivity contribution in [3.63, 3.8) is 0 Å². The van der Waals surface area contributed by atoms with E-state index in [1.807, 2.05) is 6.07 Å². The fourth-order valence-corrected chi connectivity index (χ4v) is 7.37. The van der Waals surface area contributed by atoms with Crippen LogP contribution in [0.1, 0.15) is 33.4 Å². The molecule has 0 aliphatic carbocycles. The van der Waals surface area contributed by atoms with Crippen LogP contribution in [0, 0.1) is 0 Å². The van der Waals surface area contributed by atoms with Crippen molar-refractivity contribution in [2.24, 2.45) is 0 Å². The summed E-state index contributed by atoms with van der Waals surface area (Å²) in [4.78, 5) is 0. The summed E-state index contributed by atoms with van der Waals surface area (Å²) < 4.78 is 0. The Morgan fingerprint density at radius 3 is 1.04 bits per heavy atom. The van der Waals surface area contributed by atoms with E-state index in [1.165, 1.54) is 87.6 Å². The molecular formula is C52H36. The lowest BCUT2D eigenvalue weighted by Gasteiger charge is -2.15. The van der Waals surface area contributed by atoms with Gasteiger partial charge in [0.05, 0.1) is 0 Å². The molecule has 0 nitrogen and oxygen atoms in total. The molecule has 0 aromatic heterocycles. The van der Waals surface area contributed by atoms with E-state index >= 15 is 0 Å². The Balaban J connectivity index is 0.969. The van der Waals surface area contributed by atoms with E-state index in [4.69, 9.17) is 0 Å². The molecule has 0 saturated heterocycles. The third-order valence-corrected chi connectivity index (χ3v) is 9.99. The molecule has 0 heteroatoms. The summed E-state index contributed by atoms with van der Waals surface area (Å²) in [6.45, 7) is 0. The van der Waals surface area contributed by atoms with Gasteiger partial charge in [0.2, 0.25) is 0 Å². The Kier molecular flexibility index (Phi) is 8.33. The van der Waals surface area contributed by atoms with E-state index in [-0.39, 0.29) is 0 Å². The molecule has 9 aromatic rings. The maximum atomic E-state index is 2.30. The molecule has 0 atom stereocenters. The average molecular weight is 661 g/mol. The Morgan fingerprint density at radius 2 is 0.596 bits per heavy atom. The van der Waals surface area contributed by atoms with Crippen LogP contribution in [-0.4, -0.2) is 0 Å². The van der Waals surface area contributed by atoms with Gasteiger partial charge in [-0.15, -0.1) is 0 Å². The van der Waals surface area contributed by atoms with E-state index in [0.717, 1.165) is 0 Å². The summed E-state index contributed by atoms with van der Waals surface area (Å²) >= 11 is 0. The second-order valence-corrected chi connectivity index (χ2v) is 13.4. The summed E-state index contributed by atoms with van der Waals surface area (Å²) in [5.74, 6) is 0. The second kappa shape index (κ2) is 13.9. The Labute approximate surface area is 305 Å². The van der Waals surface area contributed by atoms with Gasteiger partial charge in [0.15, 0.2) is 0 Å². The fourth-order valence-electron chi connectivity index (χ4n) is 7.37. The summed E-state index contributed by atoms with van der Waals surface area (Å²) in [5, 5.41) is 10.0. The molecule has 0 heterocycles. The molecular weight excluding hydrogens is 625 g/mol. The van der Waals surface area contributed by atoms with E-state index in [0.29, 0.717) is 0 Å². The van der Waals surface area contributed by atoms with Crippen LogP contribution in [0.15, 0.2) is 182 Å². The Morgan fingerprint density at radius 1 is 0.250 bits per heavy atom. The molecule has 0 spiro atoms. The topological polar surface area (TPSA) is 0 Å². The molecule has 0 saturated carbocycles. The molecule has 9 aromatic carbocycles. The highest BCUT2D eigenvalue weighted by molar-refractivity contribution is 6.18. The van der Waals surface area contributed by atoms with Crippen molar-refractivity contribution in [3.8, 4) is 11.1 Å². The maximum absolute atomic E-state index is 2.30. The molecule has 0 radical (unpaired) electrons. The van der Waals surface area contributed by atoms with Gasteiger partial charge in [-0.1, -0.05) is 194 Å². The van der Waals surface area contributed by atoms with Gasteiger partial charge in [0.25, 0.3) is 0 Å². The monoisotopic (exact) mass is 660 g/mol. The first-order chi connectivity index (χ1) is 25.7. The molecule has 52 heavy (non-hydrogen) atoms. The minimum atomic E-state index is 1.19. The molecule has 0 bridgehead atoms. The standard InChI is InChI=1S/C52H36/c1-3-11-37(12-4-1)19-20-38-23-28-44-34-39(24-29-43(44)33-38)21-22-40-25-30-46-36-41(26-31-45(46)35-40)27-32-49-47-15-7-9-17-50(47)52(42-13-5-2-6-14-42)51-18-10-8-16-48(49)51/h1-36H/b20-19+,22-21+,32-27+. The Hall–Kier alpha value is -6.76. The first-order valence-corrected chi connectivity index (χ1v) is 17.9. The first-order valence-electron chi connectivity index (χ1n) is 17.9. The fraction of sp³-hybridized carbons (Fsp3) is 0. The van der Waals surface area contributed by atoms with Crippen molar-refractivity contribution < 1.29 is 0 Å². The quantitative estimate of drug-likeness (QED) is 0.118. The molecule has 0 amide bonds. The van der Waals surface area contributed by atoms with Gasteiger partial charge in [-0.25, -0.2) is 0 Å². The third kappa shape index (κ3) is 6.35. The van der Waals surface area contributed by atoms with Crippen molar-refractivity contribution in [1.29, 1.82) is 0 Å². The van der Waals surface area contributed by atoms with E-state index in [9.17, 15) is 0 Å².